The van der Waals surface area contributed by atoms with Gasteiger partial charge in [0.2, 0.25) is 0 Å². The summed E-state index contributed by atoms with van der Waals surface area (Å²) in [7, 11) is 1.58. The third-order valence-electron chi connectivity index (χ3n) is 5.32. The van der Waals surface area contributed by atoms with Crippen LogP contribution in [0, 0.1) is 11.3 Å². The fraction of sp³-hybridized carbons (Fsp3) is 0.381. The Labute approximate surface area is 158 Å². The number of carbonyl (C=O) groups excluding carboxylic acids is 2. The number of ether oxygens (including phenoxy) is 1. The van der Waals surface area contributed by atoms with Gasteiger partial charge >= 0.3 is 5.97 Å². The zero-order chi connectivity index (χ0) is 19.4. The molecule has 3 rings (SSSR count). The predicted octanol–water partition coefficient (Wildman–Crippen LogP) is 3.39. The Morgan fingerprint density at radius 1 is 1.19 bits per heavy atom. The predicted molar refractivity (Wildman–Crippen MR) is 100 cm³/mol. The van der Waals surface area contributed by atoms with Gasteiger partial charge in [0.15, 0.2) is 6.61 Å². The van der Waals surface area contributed by atoms with Gasteiger partial charge in [-0.25, -0.2) is 4.79 Å². The summed E-state index contributed by atoms with van der Waals surface area (Å²) >= 11 is 0. The number of rotatable bonds is 4. The van der Waals surface area contributed by atoms with E-state index in [1.807, 2.05) is 24.3 Å². The molecule has 0 heterocycles. The number of fused-ring (bicyclic) bond motifs is 1. The number of phenols is 1. The van der Waals surface area contributed by atoms with Crippen LogP contribution < -0.4 is 0 Å². The molecule has 0 spiro atoms. The van der Waals surface area contributed by atoms with Crippen molar-refractivity contribution in [3.63, 3.8) is 0 Å². The Hall–Kier alpha value is -3.07. The van der Waals surface area contributed by atoms with Crippen LogP contribution >= 0.6 is 0 Å². The Bertz CT molecular complexity index is 910. The molecular weight excluding hydrogens is 344 g/mol. The number of aromatic hydroxyl groups is 1. The van der Waals surface area contributed by atoms with Crippen LogP contribution in [0.15, 0.2) is 36.4 Å². The average Bonchev–Trinajstić information content (AvgIpc) is 2.71. The maximum absolute atomic E-state index is 12.5. The standard InChI is InChI=1S/C21H22N2O4/c1-23(21(14-22)9-5-2-6-10-21)19(25)13-27-20(26)17-11-15-7-3-4-8-16(15)12-18(17)24/h3-4,7-8,11-12,24H,2,5-6,9-10,13H2,1H3. The van der Waals surface area contributed by atoms with Crippen LogP contribution in [0.3, 0.4) is 0 Å². The van der Waals surface area contributed by atoms with Gasteiger partial charge in [0.1, 0.15) is 16.9 Å². The molecule has 6 heteroatoms. The summed E-state index contributed by atoms with van der Waals surface area (Å²) in [4.78, 5) is 26.2. The van der Waals surface area contributed by atoms with Crippen LogP contribution in [-0.4, -0.2) is 41.1 Å². The second-order valence-electron chi connectivity index (χ2n) is 6.95. The van der Waals surface area contributed by atoms with Gasteiger partial charge in [0.05, 0.1) is 6.07 Å². The first-order valence-corrected chi connectivity index (χ1v) is 9.04. The lowest BCUT2D eigenvalue weighted by Gasteiger charge is -2.38. The van der Waals surface area contributed by atoms with E-state index in [0.29, 0.717) is 12.8 Å². The minimum atomic E-state index is -0.827. The molecule has 1 aliphatic rings. The second-order valence-corrected chi connectivity index (χ2v) is 6.95. The van der Waals surface area contributed by atoms with E-state index in [2.05, 4.69) is 6.07 Å². The van der Waals surface area contributed by atoms with E-state index >= 15 is 0 Å². The normalized spacial score (nSPS) is 15.7. The number of benzene rings is 2. The first kappa shape index (κ1) is 18.7. The van der Waals surface area contributed by atoms with E-state index in [0.717, 1.165) is 30.0 Å². The number of amides is 1. The van der Waals surface area contributed by atoms with Crippen molar-refractivity contribution in [2.45, 2.75) is 37.6 Å². The van der Waals surface area contributed by atoms with Crippen LogP contribution in [-0.2, 0) is 9.53 Å². The summed E-state index contributed by atoms with van der Waals surface area (Å²) < 4.78 is 5.12. The largest absolute Gasteiger partial charge is 0.507 e. The van der Waals surface area contributed by atoms with Gasteiger partial charge in [-0.05, 0) is 35.7 Å². The van der Waals surface area contributed by atoms with Crippen LogP contribution in [0.4, 0.5) is 0 Å². The molecule has 0 aromatic heterocycles. The number of nitrogens with zero attached hydrogens (tertiary/aromatic N) is 2. The Morgan fingerprint density at radius 3 is 2.44 bits per heavy atom. The summed E-state index contributed by atoms with van der Waals surface area (Å²) in [5.41, 5.74) is -0.816. The van der Waals surface area contributed by atoms with Crippen molar-refractivity contribution in [3.8, 4) is 11.8 Å². The third kappa shape index (κ3) is 3.72. The SMILES string of the molecule is CN(C(=O)COC(=O)c1cc2ccccc2cc1O)C1(C#N)CCCCC1. The third-order valence-corrected chi connectivity index (χ3v) is 5.32. The number of carbonyl (C=O) groups is 2. The summed E-state index contributed by atoms with van der Waals surface area (Å²) in [6.07, 6.45) is 4.11. The summed E-state index contributed by atoms with van der Waals surface area (Å²) in [5, 5.41) is 21.3. The van der Waals surface area contributed by atoms with Crippen molar-refractivity contribution in [3.05, 3.63) is 42.0 Å². The molecule has 1 N–H and O–H groups in total. The minimum absolute atomic E-state index is 0.0109. The monoisotopic (exact) mass is 366 g/mol. The van der Waals surface area contributed by atoms with Gasteiger partial charge in [-0.1, -0.05) is 43.5 Å². The topological polar surface area (TPSA) is 90.6 Å². The summed E-state index contributed by atoms with van der Waals surface area (Å²) in [5.74, 6) is -1.39. The lowest BCUT2D eigenvalue weighted by molar-refractivity contribution is -0.138. The van der Waals surface area contributed by atoms with Crippen molar-refractivity contribution < 1.29 is 19.4 Å². The molecule has 0 saturated heterocycles. The molecule has 0 radical (unpaired) electrons. The van der Waals surface area contributed by atoms with Gasteiger partial charge in [-0.15, -0.1) is 0 Å². The van der Waals surface area contributed by atoms with Gasteiger partial charge < -0.3 is 14.7 Å². The molecule has 2 aromatic carbocycles. The highest BCUT2D eigenvalue weighted by Crippen LogP contribution is 2.32. The van der Waals surface area contributed by atoms with E-state index in [1.165, 1.54) is 11.0 Å². The highest BCUT2D eigenvalue weighted by molar-refractivity contribution is 5.99. The fourth-order valence-corrected chi connectivity index (χ4v) is 3.59. The number of likely N-dealkylation sites (N-methyl/N-ethyl adjacent to an activating group) is 1. The number of hydrogen-bond donors (Lipinski definition) is 1. The number of nitriles is 1. The average molecular weight is 366 g/mol. The Kier molecular flexibility index (Phi) is 5.31. The van der Waals surface area contributed by atoms with Crippen molar-refractivity contribution in [1.29, 1.82) is 5.26 Å². The van der Waals surface area contributed by atoms with E-state index in [9.17, 15) is 20.0 Å². The van der Waals surface area contributed by atoms with E-state index in [4.69, 9.17) is 4.74 Å². The fourth-order valence-electron chi connectivity index (χ4n) is 3.59. The molecule has 1 fully saturated rings. The molecule has 6 nitrogen and oxygen atoms in total. The van der Waals surface area contributed by atoms with Gasteiger partial charge in [0.25, 0.3) is 5.91 Å². The highest BCUT2D eigenvalue weighted by atomic mass is 16.5. The Balaban J connectivity index is 1.69. The van der Waals surface area contributed by atoms with Crippen molar-refractivity contribution >= 4 is 22.6 Å². The quantitative estimate of drug-likeness (QED) is 0.838. The van der Waals surface area contributed by atoms with Crippen molar-refractivity contribution in [2.75, 3.05) is 13.7 Å². The zero-order valence-electron chi connectivity index (χ0n) is 15.3. The smallest absolute Gasteiger partial charge is 0.342 e. The second kappa shape index (κ2) is 7.67. The number of phenolic OH excluding ortho intramolecular Hbond substituents is 1. The molecule has 1 saturated carbocycles. The molecule has 1 aliphatic carbocycles. The molecule has 2 aromatic rings. The van der Waals surface area contributed by atoms with Crippen molar-refractivity contribution in [2.24, 2.45) is 0 Å². The molecular formula is C21H22N2O4. The molecule has 140 valence electrons. The van der Waals surface area contributed by atoms with Crippen LogP contribution in [0.1, 0.15) is 42.5 Å². The van der Waals surface area contributed by atoms with Crippen LogP contribution in [0.2, 0.25) is 0 Å². The lowest BCUT2D eigenvalue weighted by Crippen LogP contribution is -2.51. The molecule has 0 unspecified atom stereocenters. The van der Waals surface area contributed by atoms with Gasteiger partial charge in [-0.2, -0.15) is 5.26 Å². The van der Waals surface area contributed by atoms with E-state index in [1.54, 1.807) is 13.1 Å². The molecule has 0 atom stereocenters. The zero-order valence-corrected chi connectivity index (χ0v) is 15.3. The minimum Gasteiger partial charge on any atom is -0.507 e. The first-order chi connectivity index (χ1) is 13.0. The van der Waals surface area contributed by atoms with Crippen LogP contribution in [0.5, 0.6) is 5.75 Å². The maximum atomic E-state index is 12.5. The molecule has 1 amide bonds. The molecule has 27 heavy (non-hydrogen) atoms. The highest BCUT2D eigenvalue weighted by Gasteiger charge is 2.39. The Morgan fingerprint density at radius 2 is 1.81 bits per heavy atom. The maximum Gasteiger partial charge on any atom is 0.342 e. The lowest BCUT2D eigenvalue weighted by atomic mass is 9.81. The number of esters is 1. The molecule has 0 bridgehead atoms. The van der Waals surface area contributed by atoms with E-state index < -0.39 is 24.0 Å². The summed E-state index contributed by atoms with van der Waals surface area (Å²) in [6, 6.07) is 12.6. The van der Waals surface area contributed by atoms with Crippen molar-refractivity contribution in [1.82, 2.24) is 4.90 Å². The van der Waals surface area contributed by atoms with Gasteiger partial charge in [-0.3, -0.25) is 4.79 Å². The van der Waals surface area contributed by atoms with Crippen LogP contribution in [0.25, 0.3) is 10.8 Å². The van der Waals surface area contributed by atoms with E-state index in [-0.39, 0.29) is 11.3 Å². The first-order valence-electron chi connectivity index (χ1n) is 9.04. The molecule has 0 aliphatic heterocycles. The van der Waals surface area contributed by atoms with Gasteiger partial charge in [0, 0.05) is 7.05 Å². The number of hydrogen-bond acceptors (Lipinski definition) is 5. The summed E-state index contributed by atoms with van der Waals surface area (Å²) in [6.45, 7) is -0.467.